The van der Waals surface area contributed by atoms with E-state index in [0.29, 0.717) is 5.56 Å². The molecule has 9 rings (SSSR count). The highest BCUT2D eigenvalue weighted by atomic mass is 16.3. The number of nitrogens with zero attached hydrogens (tertiary/aromatic N) is 2. The van der Waals surface area contributed by atoms with E-state index in [-0.39, 0.29) is 0 Å². The van der Waals surface area contributed by atoms with Crippen LogP contribution in [0.25, 0.3) is 82.5 Å². The number of rotatable bonds is 2. The second-order valence-corrected chi connectivity index (χ2v) is 10.5. The molecule has 0 fully saturated rings. The van der Waals surface area contributed by atoms with Gasteiger partial charge in [-0.05, 0) is 83.9 Å². The minimum absolute atomic E-state index is 0.643. The van der Waals surface area contributed by atoms with Crippen LogP contribution in [0.3, 0.4) is 0 Å². The van der Waals surface area contributed by atoms with E-state index in [1.54, 1.807) is 0 Å². The molecule has 190 valence electrons. The molecule has 0 N–H and O–H groups in total. The van der Waals surface area contributed by atoms with Gasteiger partial charge in [-0.15, -0.1) is 0 Å². The van der Waals surface area contributed by atoms with Crippen LogP contribution in [0.5, 0.6) is 0 Å². The molecule has 0 amide bonds. The van der Waals surface area contributed by atoms with Crippen LogP contribution >= 0.6 is 0 Å². The average Bonchev–Trinajstić information content (AvgIpc) is 3.69. The van der Waals surface area contributed by atoms with Crippen LogP contribution in [0.2, 0.25) is 0 Å². The molecule has 0 bridgehead atoms. The molecule has 0 spiro atoms. The van der Waals surface area contributed by atoms with Gasteiger partial charge in [-0.1, -0.05) is 48.5 Å². The highest BCUT2D eigenvalue weighted by Crippen LogP contribution is 2.38. The first-order valence-electron chi connectivity index (χ1n) is 13.6. The molecule has 0 aliphatic rings. The average molecular weight is 525 g/mol. The van der Waals surface area contributed by atoms with E-state index in [0.717, 1.165) is 82.5 Å². The van der Waals surface area contributed by atoms with Gasteiger partial charge in [0.2, 0.25) is 0 Å². The van der Waals surface area contributed by atoms with E-state index in [1.165, 1.54) is 0 Å². The van der Waals surface area contributed by atoms with Crippen molar-refractivity contribution in [1.29, 1.82) is 5.26 Å². The smallest absolute Gasteiger partial charge is 0.135 e. The van der Waals surface area contributed by atoms with E-state index in [9.17, 15) is 5.26 Å². The molecular formula is C37H20N2O2. The first-order chi connectivity index (χ1) is 20.2. The third kappa shape index (κ3) is 3.15. The Morgan fingerprint density at radius 1 is 0.463 bits per heavy atom. The number of hydrogen-bond acceptors (Lipinski definition) is 3. The Bertz CT molecular complexity index is 2550. The maximum absolute atomic E-state index is 9.71. The molecule has 41 heavy (non-hydrogen) atoms. The molecule has 6 aromatic carbocycles. The van der Waals surface area contributed by atoms with E-state index in [4.69, 9.17) is 8.83 Å². The number of nitriles is 1. The Morgan fingerprint density at radius 2 is 1.00 bits per heavy atom. The quantitative estimate of drug-likeness (QED) is 0.226. The summed E-state index contributed by atoms with van der Waals surface area (Å²) >= 11 is 0. The molecule has 0 aliphatic carbocycles. The van der Waals surface area contributed by atoms with Crippen LogP contribution in [0, 0.1) is 11.3 Å². The van der Waals surface area contributed by atoms with Crippen molar-refractivity contribution >= 4 is 65.7 Å². The monoisotopic (exact) mass is 524 g/mol. The Morgan fingerprint density at radius 3 is 1.71 bits per heavy atom. The zero-order chi connectivity index (χ0) is 27.1. The number of hydrogen-bond donors (Lipinski definition) is 0. The fraction of sp³-hybridized carbons (Fsp3) is 0. The molecule has 0 saturated carbocycles. The summed E-state index contributed by atoms with van der Waals surface area (Å²) in [7, 11) is 0. The summed E-state index contributed by atoms with van der Waals surface area (Å²) in [4.78, 5) is 0. The second kappa shape index (κ2) is 8.11. The predicted molar refractivity (Wildman–Crippen MR) is 165 cm³/mol. The van der Waals surface area contributed by atoms with E-state index in [2.05, 4.69) is 77.4 Å². The maximum Gasteiger partial charge on any atom is 0.135 e. The van der Waals surface area contributed by atoms with Crippen molar-refractivity contribution in [2.75, 3.05) is 0 Å². The largest absolute Gasteiger partial charge is 0.456 e. The van der Waals surface area contributed by atoms with Gasteiger partial charge in [0.1, 0.15) is 22.3 Å². The van der Waals surface area contributed by atoms with Gasteiger partial charge in [-0.3, -0.25) is 0 Å². The van der Waals surface area contributed by atoms with Gasteiger partial charge >= 0.3 is 0 Å². The van der Waals surface area contributed by atoms with E-state index in [1.807, 2.05) is 54.6 Å². The maximum atomic E-state index is 9.71. The minimum Gasteiger partial charge on any atom is -0.456 e. The first kappa shape index (κ1) is 22.1. The fourth-order valence-corrected chi connectivity index (χ4v) is 6.31. The van der Waals surface area contributed by atoms with Crippen molar-refractivity contribution in [3.63, 3.8) is 0 Å². The highest BCUT2D eigenvalue weighted by Gasteiger charge is 2.16. The van der Waals surface area contributed by atoms with Gasteiger partial charge in [-0.25, -0.2) is 0 Å². The Labute approximate surface area is 233 Å². The summed E-state index contributed by atoms with van der Waals surface area (Å²) in [5, 5.41) is 16.3. The molecule has 4 nitrogen and oxygen atoms in total. The van der Waals surface area contributed by atoms with Gasteiger partial charge in [-0.2, -0.15) is 5.26 Å². The second-order valence-electron chi connectivity index (χ2n) is 10.5. The van der Waals surface area contributed by atoms with Crippen LogP contribution in [0.15, 0.2) is 130 Å². The van der Waals surface area contributed by atoms with Gasteiger partial charge in [0.15, 0.2) is 0 Å². The molecule has 0 aliphatic heterocycles. The Kier molecular flexibility index (Phi) is 4.37. The highest BCUT2D eigenvalue weighted by molar-refractivity contribution is 6.12. The molecule has 0 unspecified atom stereocenters. The van der Waals surface area contributed by atoms with Crippen molar-refractivity contribution in [3.8, 4) is 22.9 Å². The van der Waals surface area contributed by atoms with Crippen molar-refractivity contribution < 1.29 is 8.83 Å². The van der Waals surface area contributed by atoms with Crippen molar-refractivity contribution in [1.82, 2.24) is 4.57 Å². The lowest BCUT2D eigenvalue weighted by molar-refractivity contribution is 0.668. The summed E-state index contributed by atoms with van der Waals surface area (Å²) < 4.78 is 14.4. The van der Waals surface area contributed by atoms with Crippen LogP contribution in [-0.2, 0) is 0 Å². The molecule has 9 aromatic rings. The zero-order valence-electron chi connectivity index (χ0n) is 21.8. The van der Waals surface area contributed by atoms with Gasteiger partial charge in [0.05, 0.1) is 22.7 Å². The molecule has 3 aromatic heterocycles. The van der Waals surface area contributed by atoms with Crippen molar-refractivity contribution in [2.24, 2.45) is 0 Å². The normalized spacial score (nSPS) is 11.9. The molecule has 0 saturated heterocycles. The lowest BCUT2D eigenvalue weighted by Crippen LogP contribution is -1.93. The van der Waals surface area contributed by atoms with Crippen LogP contribution in [0.4, 0.5) is 0 Å². The molecular weight excluding hydrogens is 504 g/mol. The minimum atomic E-state index is 0.643. The summed E-state index contributed by atoms with van der Waals surface area (Å²) in [5.74, 6) is 0. The predicted octanol–water partition coefficient (Wildman–Crippen LogP) is 10.1. The topological polar surface area (TPSA) is 55.0 Å². The Hall–Kier alpha value is -5.79. The standard InChI is InChI=1S/C37H20N2O2/c38-21-22-9-13-32-28(17-22)29-18-23(24-11-15-36-30(19-24)26-5-1-3-7-34(26)40-36)10-14-33(29)39(32)25-12-16-37-31(20-25)27-6-2-4-8-35(27)41-37/h1-20H. The Balaban J connectivity index is 1.30. The number of furan rings is 2. The lowest BCUT2D eigenvalue weighted by Gasteiger charge is -2.09. The summed E-state index contributed by atoms with van der Waals surface area (Å²) in [5.41, 5.74) is 9.59. The summed E-state index contributed by atoms with van der Waals surface area (Å²) in [6, 6.07) is 43.9. The van der Waals surface area contributed by atoms with Gasteiger partial charge in [0, 0.05) is 38.0 Å². The fourth-order valence-electron chi connectivity index (χ4n) is 6.31. The van der Waals surface area contributed by atoms with Crippen molar-refractivity contribution in [2.45, 2.75) is 0 Å². The number of para-hydroxylation sites is 2. The van der Waals surface area contributed by atoms with Gasteiger partial charge < -0.3 is 13.4 Å². The van der Waals surface area contributed by atoms with Crippen LogP contribution in [0.1, 0.15) is 5.56 Å². The molecule has 4 heteroatoms. The first-order valence-corrected chi connectivity index (χ1v) is 13.6. The third-order valence-electron chi connectivity index (χ3n) is 8.22. The summed E-state index contributed by atoms with van der Waals surface area (Å²) in [6.45, 7) is 0. The third-order valence-corrected chi connectivity index (χ3v) is 8.22. The van der Waals surface area contributed by atoms with Crippen molar-refractivity contribution in [3.05, 3.63) is 127 Å². The van der Waals surface area contributed by atoms with Crippen LogP contribution in [-0.4, -0.2) is 4.57 Å². The summed E-state index contributed by atoms with van der Waals surface area (Å²) in [6.07, 6.45) is 0. The van der Waals surface area contributed by atoms with Gasteiger partial charge in [0.25, 0.3) is 0 Å². The van der Waals surface area contributed by atoms with Crippen LogP contribution < -0.4 is 0 Å². The molecule has 3 heterocycles. The molecule has 0 radical (unpaired) electrons. The molecule has 0 atom stereocenters. The number of benzene rings is 6. The van der Waals surface area contributed by atoms with E-state index < -0.39 is 0 Å². The number of fused-ring (bicyclic) bond motifs is 9. The number of aromatic nitrogens is 1. The lowest BCUT2D eigenvalue weighted by atomic mass is 10.0. The SMILES string of the molecule is N#Cc1ccc2c(c1)c1cc(-c3ccc4oc5ccccc5c4c3)ccc1n2-c1ccc2oc3ccccc3c2c1. The zero-order valence-corrected chi connectivity index (χ0v) is 21.8. The van der Waals surface area contributed by atoms with E-state index >= 15 is 0 Å².